The molecule has 2 aliphatic rings. The van der Waals surface area contributed by atoms with Gasteiger partial charge in [-0.1, -0.05) is 0 Å². The fraction of sp³-hybridized carbons (Fsp3) is 0.556. The molecule has 1 amide bonds. The van der Waals surface area contributed by atoms with Crippen LogP contribution in [0.4, 0.5) is 13.6 Å². The van der Waals surface area contributed by atoms with E-state index in [-0.39, 0.29) is 12.5 Å². The van der Waals surface area contributed by atoms with E-state index in [0.29, 0.717) is 12.0 Å². The number of halogens is 2. The van der Waals surface area contributed by atoms with Crippen molar-refractivity contribution in [2.24, 2.45) is 5.92 Å². The Morgan fingerprint density at radius 2 is 2.00 bits per heavy atom. The normalized spacial score (nSPS) is 28.9. The van der Waals surface area contributed by atoms with Crippen LogP contribution in [0.15, 0.2) is 18.2 Å². The van der Waals surface area contributed by atoms with Crippen LogP contribution < -0.4 is 0 Å². The van der Waals surface area contributed by atoms with Crippen molar-refractivity contribution in [1.82, 2.24) is 4.90 Å². The Morgan fingerprint density at radius 3 is 2.52 bits per heavy atom. The summed E-state index contributed by atoms with van der Waals surface area (Å²) in [6, 6.07) is 4.29. The Labute approximate surface area is 144 Å². The minimum absolute atomic E-state index is 0.152. The van der Waals surface area contributed by atoms with Crippen LogP contribution in [0, 0.1) is 28.9 Å². The number of fused-ring (bicyclic) bond motifs is 1. The van der Waals surface area contributed by atoms with E-state index in [1.54, 1.807) is 26.8 Å². The van der Waals surface area contributed by atoms with Crippen LogP contribution in [0.3, 0.4) is 0 Å². The Balaban J connectivity index is 1.93. The van der Waals surface area contributed by atoms with Gasteiger partial charge in [0.05, 0.1) is 12.1 Å². The Morgan fingerprint density at radius 1 is 1.40 bits per heavy atom. The van der Waals surface area contributed by atoms with Crippen molar-refractivity contribution < 1.29 is 23.4 Å². The molecule has 1 heterocycles. The number of rotatable bonds is 2. The molecule has 4 atom stereocenters. The quantitative estimate of drug-likeness (QED) is 0.833. The van der Waals surface area contributed by atoms with E-state index < -0.39 is 40.9 Å². The van der Waals surface area contributed by atoms with Crippen LogP contribution in [-0.4, -0.2) is 40.4 Å². The van der Waals surface area contributed by atoms with Gasteiger partial charge in [-0.05, 0) is 50.8 Å². The molecule has 1 saturated carbocycles. The smallest absolute Gasteiger partial charge is 0.410 e. The minimum atomic E-state index is -1.39. The molecule has 25 heavy (non-hydrogen) atoms. The number of likely N-dealkylation sites (tertiary alicyclic amines) is 1. The monoisotopic (exact) mass is 350 g/mol. The van der Waals surface area contributed by atoms with Crippen molar-refractivity contribution in [2.45, 2.75) is 50.4 Å². The first-order chi connectivity index (χ1) is 11.6. The highest BCUT2D eigenvalue weighted by Crippen LogP contribution is 2.62. The molecular formula is C18H20F2N2O3. The summed E-state index contributed by atoms with van der Waals surface area (Å²) in [6.07, 6.45) is -1.48. The number of aliphatic hydroxyl groups is 1. The molecule has 2 unspecified atom stereocenters. The van der Waals surface area contributed by atoms with Crippen LogP contribution >= 0.6 is 0 Å². The highest BCUT2D eigenvalue weighted by molar-refractivity contribution is 5.71. The zero-order valence-electron chi connectivity index (χ0n) is 14.3. The van der Waals surface area contributed by atoms with E-state index in [0.717, 1.165) is 6.07 Å². The molecule has 3 rings (SSSR count). The molecule has 1 saturated heterocycles. The molecular weight excluding hydrogens is 330 g/mol. The Bertz CT molecular complexity index is 735. The van der Waals surface area contributed by atoms with Gasteiger partial charge in [-0.3, -0.25) is 0 Å². The summed E-state index contributed by atoms with van der Waals surface area (Å²) in [5.41, 5.74) is -0.942. The number of ether oxygens (including phenoxy) is 1. The van der Waals surface area contributed by atoms with Gasteiger partial charge >= 0.3 is 6.09 Å². The van der Waals surface area contributed by atoms with Gasteiger partial charge in [-0.25, -0.2) is 13.6 Å². The molecule has 0 radical (unpaired) electrons. The maximum absolute atomic E-state index is 13.6. The van der Waals surface area contributed by atoms with E-state index >= 15 is 0 Å². The van der Waals surface area contributed by atoms with E-state index in [1.807, 2.05) is 0 Å². The van der Waals surface area contributed by atoms with Gasteiger partial charge in [0.1, 0.15) is 17.2 Å². The molecule has 0 spiro atoms. The number of amides is 1. The van der Waals surface area contributed by atoms with Crippen LogP contribution in [0.5, 0.6) is 0 Å². The predicted molar refractivity (Wildman–Crippen MR) is 84.5 cm³/mol. The molecule has 2 fully saturated rings. The largest absolute Gasteiger partial charge is 0.444 e. The maximum atomic E-state index is 13.6. The molecule has 1 N–H and O–H groups in total. The Kier molecular flexibility index (Phi) is 3.99. The van der Waals surface area contributed by atoms with E-state index in [2.05, 4.69) is 0 Å². The molecule has 1 aromatic rings. The average molecular weight is 350 g/mol. The first kappa shape index (κ1) is 17.6. The number of carbonyl (C=O) groups excluding carboxylic acids is 1. The van der Waals surface area contributed by atoms with E-state index in [9.17, 15) is 18.7 Å². The Hall–Kier alpha value is -2.20. The lowest BCUT2D eigenvalue weighted by atomic mass is 9.93. The lowest BCUT2D eigenvalue weighted by Crippen LogP contribution is -2.47. The van der Waals surface area contributed by atoms with Crippen LogP contribution in [0.1, 0.15) is 32.8 Å². The van der Waals surface area contributed by atoms with Crippen molar-refractivity contribution >= 4 is 6.09 Å². The number of nitriles is 1. The number of piperidine rings is 1. The van der Waals surface area contributed by atoms with Gasteiger partial charge in [0.25, 0.3) is 0 Å². The first-order valence-electron chi connectivity index (χ1n) is 8.11. The summed E-state index contributed by atoms with van der Waals surface area (Å²) in [5.74, 6) is -1.62. The number of carbonyl (C=O) groups is 1. The second-order valence-electron chi connectivity index (χ2n) is 7.80. The maximum Gasteiger partial charge on any atom is 0.410 e. The molecule has 134 valence electrons. The van der Waals surface area contributed by atoms with Crippen LogP contribution in [0.25, 0.3) is 0 Å². The van der Waals surface area contributed by atoms with E-state index in [4.69, 9.17) is 10.00 Å². The van der Waals surface area contributed by atoms with Gasteiger partial charge < -0.3 is 14.7 Å². The second-order valence-corrected chi connectivity index (χ2v) is 7.80. The summed E-state index contributed by atoms with van der Waals surface area (Å²) in [4.78, 5) is 13.8. The SMILES string of the molecule is CC(C)(C)OC(=O)N1C[C@@]2(c3cc(F)cc(F)c3)C[C@H]2C1C(O)C#N. The fourth-order valence-electron chi connectivity index (χ4n) is 3.83. The standard InChI is InChI=1S/C18H20F2N2O3/c1-17(2,3)25-16(24)22-9-18(7-13(18)15(22)14(23)8-21)10-4-11(19)6-12(20)5-10/h4-6,13-15,23H,7,9H2,1-3H3/t13-,14?,15?,18+/m0/s1. The van der Waals surface area contributed by atoms with E-state index in [1.165, 1.54) is 17.0 Å². The molecule has 0 aromatic heterocycles. The average Bonchev–Trinajstić information content (AvgIpc) is 3.10. The highest BCUT2D eigenvalue weighted by atomic mass is 19.1. The van der Waals surface area contributed by atoms with Crippen molar-refractivity contribution in [3.8, 4) is 6.07 Å². The van der Waals surface area contributed by atoms with Gasteiger partial charge in [-0.15, -0.1) is 0 Å². The topological polar surface area (TPSA) is 73.6 Å². The van der Waals surface area contributed by atoms with Crippen molar-refractivity contribution in [3.05, 3.63) is 35.4 Å². The van der Waals surface area contributed by atoms with Gasteiger partial charge in [-0.2, -0.15) is 5.26 Å². The number of hydrogen-bond donors (Lipinski definition) is 1. The fourth-order valence-corrected chi connectivity index (χ4v) is 3.83. The van der Waals surface area contributed by atoms with Gasteiger partial charge in [0, 0.05) is 18.0 Å². The first-order valence-corrected chi connectivity index (χ1v) is 8.11. The van der Waals surface area contributed by atoms with Crippen LogP contribution in [0.2, 0.25) is 0 Å². The summed E-state index contributed by atoms with van der Waals surface area (Å²) in [6.45, 7) is 5.30. The minimum Gasteiger partial charge on any atom is -0.444 e. The molecule has 7 heteroatoms. The molecule has 5 nitrogen and oxygen atoms in total. The number of nitrogens with zero attached hydrogens (tertiary/aromatic N) is 2. The van der Waals surface area contributed by atoms with Gasteiger partial charge in [0.2, 0.25) is 0 Å². The van der Waals surface area contributed by atoms with Crippen molar-refractivity contribution in [3.63, 3.8) is 0 Å². The number of hydrogen-bond acceptors (Lipinski definition) is 4. The molecule has 0 bridgehead atoms. The molecule has 1 aromatic carbocycles. The van der Waals surface area contributed by atoms with Crippen molar-refractivity contribution in [2.75, 3.05) is 6.54 Å². The third-order valence-corrected chi connectivity index (χ3v) is 4.88. The number of benzene rings is 1. The summed E-state index contributed by atoms with van der Waals surface area (Å²) in [7, 11) is 0. The van der Waals surface area contributed by atoms with Gasteiger partial charge in [0.15, 0.2) is 6.10 Å². The predicted octanol–water partition coefficient (Wildman–Crippen LogP) is 2.73. The van der Waals surface area contributed by atoms with Crippen LogP contribution in [-0.2, 0) is 10.2 Å². The lowest BCUT2D eigenvalue weighted by molar-refractivity contribution is 0.00669. The summed E-state index contributed by atoms with van der Waals surface area (Å²) >= 11 is 0. The zero-order chi connectivity index (χ0) is 18.6. The second kappa shape index (κ2) is 5.67. The summed E-state index contributed by atoms with van der Waals surface area (Å²) < 4.78 is 32.6. The zero-order valence-corrected chi connectivity index (χ0v) is 14.3. The molecule has 1 aliphatic carbocycles. The molecule has 1 aliphatic heterocycles. The number of aliphatic hydroxyl groups excluding tert-OH is 1. The summed E-state index contributed by atoms with van der Waals surface area (Å²) in [5, 5.41) is 19.2. The third kappa shape index (κ3) is 3.07. The van der Waals surface area contributed by atoms with Crippen molar-refractivity contribution in [1.29, 1.82) is 5.26 Å². The third-order valence-electron chi connectivity index (χ3n) is 4.88. The lowest BCUT2D eigenvalue weighted by Gasteiger charge is -2.31. The highest BCUT2D eigenvalue weighted by Gasteiger charge is 2.68.